The second kappa shape index (κ2) is 10.1. The zero-order chi connectivity index (χ0) is 20.7. The lowest BCUT2D eigenvalue weighted by atomic mass is 10.2. The van der Waals surface area contributed by atoms with Gasteiger partial charge in [-0.15, -0.1) is 0 Å². The van der Waals surface area contributed by atoms with Crippen LogP contribution in [0, 0.1) is 0 Å². The highest BCUT2D eigenvalue weighted by atomic mass is 35.5. The highest BCUT2D eigenvalue weighted by Gasteiger charge is 2.18. The van der Waals surface area contributed by atoms with E-state index in [0.717, 1.165) is 16.7 Å². The second-order valence-electron chi connectivity index (χ2n) is 6.29. The van der Waals surface area contributed by atoms with E-state index in [-0.39, 0.29) is 0 Å². The summed E-state index contributed by atoms with van der Waals surface area (Å²) in [4.78, 5) is 0. The van der Waals surface area contributed by atoms with Gasteiger partial charge in [-0.3, -0.25) is 0 Å². The Kier molecular flexibility index (Phi) is 7.58. The molecule has 0 aliphatic rings. The van der Waals surface area contributed by atoms with Crippen LogP contribution in [0.25, 0.3) is 15.1 Å². The van der Waals surface area contributed by atoms with Crippen LogP contribution in [-0.4, -0.2) is 0 Å². The number of halogens is 3. The van der Waals surface area contributed by atoms with Crippen molar-refractivity contribution >= 4 is 57.0 Å². The summed E-state index contributed by atoms with van der Waals surface area (Å²) in [6.07, 6.45) is 0. The van der Waals surface area contributed by atoms with Gasteiger partial charge in [-0.25, -0.2) is 0 Å². The second-order valence-corrected chi connectivity index (χ2v) is 9.82. The van der Waals surface area contributed by atoms with E-state index in [2.05, 4.69) is 0 Å². The first-order valence-electron chi connectivity index (χ1n) is 8.87. The normalized spacial score (nSPS) is 13.4. The molecule has 0 saturated heterocycles. The van der Waals surface area contributed by atoms with Crippen LogP contribution in [0.4, 0.5) is 0 Å². The van der Waals surface area contributed by atoms with Crippen molar-refractivity contribution in [1.29, 1.82) is 0 Å². The van der Waals surface area contributed by atoms with Gasteiger partial charge in [0.05, 0.1) is 15.1 Å². The Labute approximate surface area is 186 Å². The maximum absolute atomic E-state index is 13.9. The third-order valence-electron chi connectivity index (χ3n) is 4.09. The van der Waals surface area contributed by atoms with Gasteiger partial charge in [0.1, 0.15) is 0 Å². The van der Waals surface area contributed by atoms with Gasteiger partial charge in [0.25, 0.3) is 0 Å². The molecule has 0 heterocycles. The fraction of sp³-hybridized carbons (Fsp3) is 0. The molecular weight excluding hydrogens is 442 g/mol. The molecule has 0 amide bonds. The molecule has 3 aromatic rings. The third-order valence-corrected chi connectivity index (χ3v) is 7.52. The minimum Gasteiger partial charge on any atom is -0.310 e. The van der Waals surface area contributed by atoms with Gasteiger partial charge >= 0.3 is 0 Å². The molecule has 0 aliphatic heterocycles. The molecule has 0 aromatic heterocycles. The third kappa shape index (κ3) is 6.23. The summed E-state index contributed by atoms with van der Waals surface area (Å²) in [5.74, 6) is 4.58. The lowest BCUT2D eigenvalue weighted by Gasteiger charge is -2.10. The van der Waals surface area contributed by atoms with Gasteiger partial charge in [0.15, 0.2) is 7.14 Å². The molecule has 5 heteroatoms. The Morgan fingerprint density at radius 1 is 0.517 bits per heavy atom. The van der Waals surface area contributed by atoms with Crippen molar-refractivity contribution in [3.8, 4) is 0 Å². The molecule has 29 heavy (non-hydrogen) atoms. The molecule has 0 saturated carbocycles. The molecule has 1 nitrogen and oxygen atoms in total. The predicted molar refractivity (Wildman–Crippen MR) is 128 cm³/mol. The standard InChI is InChI=1S/C24H18Cl3OP/c25-22(19-10-4-1-5-11-19)16-29(28,17-23(26)20-12-6-2-7-13-20)18-24(27)21-14-8-3-9-15-21/h1-18H/b22-16-,23-17-,24-18+. The molecule has 146 valence electrons. The first-order valence-corrected chi connectivity index (χ1v) is 11.9. The van der Waals surface area contributed by atoms with E-state index >= 15 is 0 Å². The van der Waals surface area contributed by atoms with Gasteiger partial charge in [-0.1, -0.05) is 126 Å². The minimum absolute atomic E-state index is 0.372. The maximum atomic E-state index is 13.9. The zero-order valence-corrected chi connectivity index (χ0v) is 18.5. The largest absolute Gasteiger partial charge is 0.310 e. The van der Waals surface area contributed by atoms with E-state index in [9.17, 15) is 4.57 Å². The summed E-state index contributed by atoms with van der Waals surface area (Å²) < 4.78 is 13.9. The van der Waals surface area contributed by atoms with Gasteiger partial charge in [0.2, 0.25) is 0 Å². The van der Waals surface area contributed by atoms with Crippen LogP contribution in [-0.2, 0) is 4.57 Å². The summed E-state index contributed by atoms with van der Waals surface area (Å²) in [7, 11) is -3.27. The molecule has 0 N–H and O–H groups in total. The first-order chi connectivity index (χ1) is 14.0. The van der Waals surface area contributed by atoms with Crippen molar-refractivity contribution in [1.82, 2.24) is 0 Å². The summed E-state index contributed by atoms with van der Waals surface area (Å²) >= 11 is 19.5. The van der Waals surface area contributed by atoms with Crippen LogP contribution in [0.1, 0.15) is 16.7 Å². The summed E-state index contributed by atoms with van der Waals surface area (Å²) in [5.41, 5.74) is 2.30. The Hall–Kier alpha value is -2.02. The van der Waals surface area contributed by atoms with E-state index in [1.807, 2.05) is 91.0 Å². The number of hydrogen-bond donors (Lipinski definition) is 0. The first kappa shape index (κ1) is 21.7. The minimum atomic E-state index is -3.27. The van der Waals surface area contributed by atoms with Crippen LogP contribution in [0.2, 0.25) is 0 Å². The summed E-state index contributed by atoms with van der Waals surface area (Å²) in [6, 6.07) is 28.0. The predicted octanol–water partition coefficient (Wildman–Crippen LogP) is 9.06. The fourth-order valence-electron chi connectivity index (χ4n) is 2.66. The Morgan fingerprint density at radius 2 is 0.759 bits per heavy atom. The van der Waals surface area contributed by atoms with Crippen LogP contribution >= 0.6 is 41.9 Å². The SMILES string of the molecule is O=P(/C=C(\Cl)c1ccccc1)(/C=C(\Cl)c1ccccc1)/C=C(/Cl)c1ccccc1. The van der Waals surface area contributed by atoms with Crippen molar-refractivity contribution in [3.05, 3.63) is 125 Å². The highest BCUT2D eigenvalue weighted by molar-refractivity contribution is 7.74. The molecule has 3 aromatic carbocycles. The lowest BCUT2D eigenvalue weighted by Crippen LogP contribution is -1.81. The molecule has 0 atom stereocenters. The molecule has 3 rings (SSSR count). The molecule has 0 unspecified atom stereocenters. The molecule has 0 spiro atoms. The topological polar surface area (TPSA) is 17.1 Å². The summed E-state index contributed by atoms with van der Waals surface area (Å²) in [5, 5.41) is 1.12. The molecule has 0 aliphatic carbocycles. The Bertz CT molecular complexity index is 947. The van der Waals surface area contributed by atoms with Crippen LogP contribution in [0.3, 0.4) is 0 Å². The maximum Gasteiger partial charge on any atom is 0.154 e. The van der Waals surface area contributed by atoms with E-state index in [0.29, 0.717) is 15.1 Å². The van der Waals surface area contributed by atoms with E-state index in [1.54, 1.807) is 0 Å². The molecule has 0 fully saturated rings. The average Bonchev–Trinajstić information content (AvgIpc) is 2.75. The van der Waals surface area contributed by atoms with Gasteiger partial charge in [-0.2, -0.15) is 0 Å². The summed E-state index contributed by atoms with van der Waals surface area (Å²) in [6.45, 7) is 0. The van der Waals surface area contributed by atoms with Gasteiger partial charge in [-0.05, 0) is 16.7 Å². The van der Waals surface area contributed by atoms with Crippen LogP contribution in [0.15, 0.2) is 108 Å². The number of benzene rings is 3. The van der Waals surface area contributed by atoms with E-state index in [1.165, 1.54) is 17.5 Å². The number of rotatable bonds is 6. The Balaban J connectivity index is 2.09. The lowest BCUT2D eigenvalue weighted by molar-refractivity contribution is 0.591. The smallest absolute Gasteiger partial charge is 0.154 e. The van der Waals surface area contributed by atoms with Crippen molar-refractivity contribution in [2.75, 3.05) is 0 Å². The fourth-order valence-corrected chi connectivity index (χ4v) is 6.14. The monoisotopic (exact) mass is 458 g/mol. The molecule has 0 radical (unpaired) electrons. The van der Waals surface area contributed by atoms with Gasteiger partial charge in [0, 0.05) is 17.5 Å². The van der Waals surface area contributed by atoms with Crippen LogP contribution in [0.5, 0.6) is 0 Å². The average molecular weight is 460 g/mol. The number of hydrogen-bond acceptors (Lipinski definition) is 1. The Morgan fingerprint density at radius 3 is 1.00 bits per heavy atom. The van der Waals surface area contributed by atoms with Crippen LogP contribution < -0.4 is 0 Å². The van der Waals surface area contributed by atoms with Gasteiger partial charge < -0.3 is 4.57 Å². The van der Waals surface area contributed by atoms with Crippen molar-refractivity contribution < 1.29 is 4.57 Å². The van der Waals surface area contributed by atoms with E-state index in [4.69, 9.17) is 34.8 Å². The van der Waals surface area contributed by atoms with Crippen molar-refractivity contribution in [2.45, 2.75) is 0 Å². The van der Waals surface area contributed by atoms with E-state index < -0.39 is 7.14 Å². The highest BCUT2D eigenvalue weighted by Crippen LogP contribution is 2.57. The molecular formula is C24H18Cl3OP. The zero-order valence-electron chi connectivity index (χ0n) is 15.4. The quantitative estimate of drug-likeness (QED) is 0.336. The molecule has 0 bridgehead atoms. The van der Waals surface area contributed by atoms with Crippen molar-refractivity contribution in [3.63, 3.8) is 0 Å². The van der Waals surface area contributed by atoms with Crippen molar-refractivity contribution in [2.24, 2.45) is 0 Å².